The van der Waals surface area contributed by atoms with Crippen molar-refractivity contribution in [1.29, 1.82) is 0 Å². The lowest BCUT2D eigenvalue weighted by Gasteiger charge is -2.46. The molecule has 0 heterocycles. The Bertz CT molecular complexity index is 709. The molecule has 0 radical (unpaired) electrons. The maximum atomic E-state index is 14.3. The van der Waals surface area contributed by atoms with E-state index in [0.29, 0.717) is 13.1 Å². The van der Waals surface area contributed by atoms with Crippen LogP contribution in [0.15, 0.2) is 60.7 Å². The van der Waals surface area contributed by atoms with Gasteiger partial charge >= 0.3 is 6.18 Å². The predicted octanol–water partition coefficient (Wildman–Crippen LogP) is 5.83. The van der Waals surface area contributed by atoms with E-state index in [1.807, 2.05) is 60.7 Å². The van der Waals surface area contributed by atoms with Gasteiger partial charge in [0.15, 0.2) is 8.32 Å². The molecule has 0 amide bonds. The third-order valence-electron chi connectivity index (χ3n) is 4.71. The number of methoxy groups -OCH3 is 1. The van der Waals surface area contributed by atoms with Crippen molar-refractivity contribution in [3.8, 4) is 0 Å². The average molecular weight is 426 g/mol. The molecule has 0 fully saturated rings. The molecule has 0 aromatic heterocycles. The number of hydrogen-bond acceptors (Lipinski definition) is 3. The number of alkyl halides is 3. The van der Waals surface area contributed by atoms with Crippen molar-refractivity contribution >= 4 is 8.32 Å². The predicted molar refractivity (Wildman–Crippen MR) is 112 cm³/mol. The van der Waals surface area contributed by atoms with Gasteiger partial charge in [-0.15, -0.1) is 0 Å². The summed E-state index contributed by atoms with van der Waals surface area (Å²) in [5.74, 6) is -2.71. The van der Waals surface area contributed by atoms with Crippen LogP contribution in [0, 0.1) is 0 Å². The van der Waals surface area contributed by atoms with Gasteiger partial charge < -0.3 is 9.16 Å². The Kier molecular flexibility index (Phi) is 7.67. The van der Waals surface area contributed by atoms with Gasteiger partial charge in [0.05, 0.1) is 6.04 Å². The lowest BCUT2D eigenvalue weighted by molar-refractivity contribution is -0.367. The maximum Gasteiger partial charge on any atom is 0.443 e. The minimum atomic E-state index is -4.69. The van der Waals surface area contributed by atoms with Crippen LogP contribution in [-0.2, 0) is 22.3 Å². The molecule has 0 aliphatic rings. The van der Waals surface area contributed by atoms with Gasteiger partial charge in [-0.25, -0.2) is 0 Å². The summed E-state index contributed by atoms with van der Waals surface area (Å²) in [6.07, 6.45) is -4.69. The summed E-state index contributed by atoms with van der Waals surface area (Å²) in [5.41, 5.74) is 1.85. The molecule has 29 heavy (non-hydrogen) atoms. The molecule has 3 nitrogen and oxygen atoms in total. The first-order valence-corrected chi connectivity index (χ1v) is 13.0. The van der Waals surface area contributed by atoms with Crippen LogP contribution in [0.2, 0.25) is 19.6 Å². The first kappa shape index (κ1) is 23.6. The lowest BCUT2D eigenvalue weighted by Crippen LogP contribution is -2.65. The third-order valence-corrected chi connectivity index (χ3v) is 5.63. The summed E-state index contributed by atoms with van der Waals surface area (Å²) >= 11 is 0. The summed E-state index contributed by atoms with van der Waals surface area (Å²) < 4.78 is 53.9. The van der Waals surface area contributed by atoms with E-state index in [2.05, 4.69) is 0 Å². The quantitative estimate of drug-likeness (QED) is 0.372. The van der Waals surface area contributed by atoms with Crippen LogP contribution in [0.4, 0.5) is 13.2 Å². The van der Waals surface area contributed by atoms with Gasteiger partial charge in [0.25, 0.3) is 5.79 Å². The molecule has 2 atom stereocenters. The largest absolute Gasteiger partial charge is 0.443 e. The van der Waals surface area contributed by atoms with Crippen LogP contribution in [0.25, 0.3) is 0 Å². The van der Waals surface area contributed by atoms with Crippen molar-refractivity contribution in [1.82, 2.24) is 4.90 Å². The highest BCUT2D eigenvalue weighted by atomic mass is 28.4. The van der Waals surface area contributed by atoms with Crippen LogP contribution in [0.1, 0.15) is 18.1 Å². The van der Waals surface area contributed by atoms with Crippen LogP contribution < -0.4 is 0 Å². The molecular formula is C22H30F3NO2Si. The van der Waals surface area contributed by atoms with Crippen LogP contribution in [0.5, 0.6) is 0 Å². The molecule has 0 saturated carbocycles. The normalized spacial score (nSPS) is 15.9. The fourth-order valence-electron chi connectivity index (χ4n) is 3.37. The third kappa shape index (κ3) is 6.15. The Balaban J connectivity index is 2.46. The zero-order chi connectivity index (χ0) is 21.7. The van der Waals surface area contributed by atoms with E-state index in [1.165, 1.54) is 6.92 Å². The molecule has 0 N–H and O–H groups in total. The van der Waals surface area contributed by atoms with Crippen LogP contribution in [0.3, 0.4) is 0 Å². The van der Waals surface area contributed by atoms with E-state index in [9.17, 15) is 13.2 Å². The fraction of sp³-hybridized carbons (Fsp3) is 0.455. The monoisotopic (exact) mass is 425 g/mol. The van der Waals surface area contributed by atoms with Crippen molar-refractivity contribution in [3.63, 3.8) is 0 Å². The molecular weight excluding hydrogens is 395 g/mol. The van der Waals surface area contributed by atoms with Gasteiger partial charge in [0, 0.05) is 20.2 Å². The van der Waals surface area contributed by atoms with Crippen molar-refractivity contribution in [2.24, 2.45) is 0 Å². The van der Waals surface area contributed by atoms with Crippen LogP contribution >= 0.6 is 0 Å². The molecule has 0 spiro atoms. The van der Waals surface area contributed by atoms with Crippen molar-refractivity contribution in [2.75, 3.05) is 7.11 Å². The molecule has 2 unspecified atom stereocenters. The van der Waals surface area contributed by atoms with Crippen molar-refractivity contribution in [2.45, 2.75) is 57.7 Å². The zero-order valence-corrected chi connectivity index (χ0v) is 18.7. The van der Waals surface area contributed by atoms with Gasteiger partial charge in [-0.2, -0.15) is 13.2 Å². The molecule has 2 rings (SSSR count). The Morgan fingerprint density at radius 1 is 0.862 bits per heavy atom. The van der Waals surface area contributed by atoms with E-state index in [-0.39, 0.29) is 0 Å². The molecule has 160 valence electrons. The van der Waals surface area contributed by atoms with Gasteiger partial charge in [-0.3, -0.25) is 4.90 Å². The first-order valence-electron chi connectivity index (χ1n) is 9.62. The van der Waals surface area contributed by atoms with Gasteiger partial charge in [-0.05, 0) is 37.7 Å². The number of rotatable bonds is 9. The van der Waals surface area contributed by atoms with Crippen molar-refractivity contribution in [3.05, 3.63) is 71.8 Å². The van der Waals surface area contributed by atoms with Gasteiger partial charge in [0.2, 0.25) is 0 Å². The second-order valence-corrected chi connectivity index (χ2v) is 12.6. The van der Waals surface area contributed by atoms with E-state index < -0.39 is 26.3 Å². The average Bonchev–Trinajstić information content (AvgIpc) is 2.65. The number of nitrogens with zero attached hydrogens (tertiary/aromatic N) is 1. The van der Waals surface area contributed by atoms with E-state index in [4.69, 9.17) is 9.16 Å². The minimum Gasteiger partial charge on any atom is -0.383 e. The Hall–Kier alpha value is -1.67. The molecule has 0 saturated heterocycles. The Morgan fingerprint density at radius 2 is 1.28 bits per heavy atom. The highest BCUT2D eigenvalue weighted by molar-refractivity contribution is 6.69. The topological polar surface area (TPSA) is 21.7 Å². The van der Waals surface area contributed by atoms with Gasteiger partial charge in [0.1, 0.15) is 0 Å². The standard InChI is InChI=1S/C22H30F3NO2Si/c1-18(21(27-2,22(23,24)25)28-29(3,4)5)26(16-19-12-8-6-9-13-19)17-20-14-10-7-11-15-20/h6-15,18H,16-17H2,1-5H3. The minimum absolute atomic E-state index is 0.340. The SMILES string of the molecule is COC(O[Si](C)(C)C)(C(C)N(Cc1ccccc1)Cc1ccccc1)C(F)(F)F. The van der Waals surface area contributed by atoms with Crippen molar-refractivity contribution < 1.29 is 22.3 Å². The number of halogens is 3. The first-order chi connectivity index (χ1) is 13.5. The molecule has 2 aromatic rings. The maximum absolute atomic E-state index is 14.3. The summed E-state index contributed by atoms with van der Waals surface area (Å²) in [7, 11) is -1.51. The van der Waals surface area contributed by atoms with Gasteiger partial charge in [-0.1, -0.05) is 60.7 Å². The summed E-state index contributed by atoms with van der Waals surface area (Å²) in [6, 6.07) is 17.9. The highest BCUT2D eigenvalue weighted by Gasteiger charge is 2.63. The van der Waals surface area contributed by atoms with E-state index in [1.54, 1.807) is 24.5 Å². The van der Waals surface area contributed by atoms with Crippen LogP contribution in [-0.4, -0.2) is 38.3 Å². The number of benzene rings is 2. The second-order valence-electron chi connectivity index (χ2n) is 8.14. The van der Waals surface area contributed by atoms with E-state index >= 15 is 0 Å². The fourth-order valence-corrected chi connectivity index (χ4v) is 4.65. The summed E-state index contributed by atoms with van der Waals surface area (Å²) in [4.78, 5) is 1.77. The molecule has 0 aliphatic carbocycles. The summed E-state index contributed by atoms with van der Waals surface area (Å²) in [6.45, 7) is 7.41. The summed E-state index contributed by atoms with van der Waals surface area (Å²) in [5, 5.41) is 0. The van der Waals surface area contributed by atoms with E-state index in [0.717, 1.165) is 18.2 Å². The number of ether oxygens (including phenoxy) is 1. The molecule has 7 heteroatoms. The Labute approximate surface area is 172 Å². The molecule has 0 bridgehead atoms. The highest BCUT2D eigenvalue weighted by Crippen LogP contribution is 2.41. The number of hydrogen-bond donors (Lipinski definition) is 0. The smallest absolute Gasteiger partial charge is 0.383 e. The molecule has 0 aliphatic heterocycles. The Morgan fingerprint density at radius 3 is 1.59 bits per heavy atom. The zero-order valence-electron chi connectivity index (χ0n) is 17.7. The lowest BCUT2D eigenvalue weighted by atomic mass is 10.0. The molecule has 2 aromatic carbocycles. The second kappa shape index (κ2) is 9.43.